The van der Waals surface area contributed by atoms with Crippen molar-refractivity contribution in [3.05, 3.63) is 19.0 Å². The van der Waals surface area contributed by atoms with Crippen LogP contribution in [0.5, 0.6) is 0 Å². The van der Waals surface area contributed by atoms with Gasteiger partial charge in [0, 0.05) is 0 Å². The maximum atomic E-state index is 8.51. The van der Waals surface area contributed by atoms with Crippen LogP contribution in [0.1, 0.15) is 0 Å². The molecule has 0 radical (unpaired) electrons. The first-order chi connectivity index (χ1) is 4.41. The normalized spacial score (nSPS) is 7.67. The number of aromatic nitrogens is 3. The Morgan fingerprint density at radius 3 is 1.44 bits per heavy atom. The fourth-order valence-corrected chi connectivity index (χ4v) is 0.205. The SMILES string of the molecule is O=[PH+]O.c1ncncn1. The number of hydrogen-bond donors (Lipinski definition) is 1. The molecule has 6 heteroatoms. The molecule has 0 aromatic carbocycles. The first kappa shape index (κ1) is 8.07. The fraction of sp³-hybridized carbons (Fsp3) is 0. The summed E-state index contributed by atoms with van der Waals surface area (Å²) in [5.41, 5.74) is 0. The van der Waals surface area contributed by atoms with E-state index in [2.05, 4.69) is 15.0 Å². The van der Waals surface area contributed by atoms with E-state index >= 15 is 0 Å². The lowest BCUT2D eigenvalue weighted by Gasteiger charge is -1.69. The van der Waals surface area contributed by atoms with Gasteiger partial charge in [0.1, 0.15) is 19.0 Å². The molecular weight excluding hydrogens is 141 g/mol. The van der Waals surface area contributed by atoms with Crippen molar-refractivity contribution >= 4 is 8.69 Å². The van der Waals surface area contributed by atoms with E-state index in [1.165, 1.54) is 19.0 Å². The molecular formula is C3H5N3O2P+. The maximum absolute atomic E-state index is 8.51. The van der Waals surface area contributed by atoms with Gasteiger partial charge in [0.25, 0.3) is 0 Å². The summed E-state index contributed by atoms with van der Waals surface area (Å²) < 4.78 is 8.51. The van der Waals surface area contributed by atoms with Crippen LogP contribution in [0.3, 0.4) is 0 Å². The monoisotopic (exact) mass is 146 g/mol. The second kappa shape index (κ2) is 7.07. The highest BCUT2D eigenvalue weighted by Crippen LogP contribution is 1.66. The molecule has 0 aliphatic carbocycles. The molecule has 0 spiro atoms. The molecule has 0 bridgehead atoms. The Morgan fingerprint density at radius 1 is 1.11 bits per heavy atom. The van der Waals surface area contributed by atoms with E-state index < -0.39 is 8.69 Å². The van der Waals surface area contributed by atoms with Crippen molar-refractivity contribution in [1.29, 1.82) is 0 Å². The van der Waals surface area contributed by atoms with E-state index in [4.69, 9.17) is 9.46 Å². The second-order valence-corrected chi connectivity index (χ2v) is 1.07. The Bertz CT molecular complexity index is 120. The van der Waals surface area contributed by atoms with Crippen molar-refractivity contribution < 1.29 is 9.46 Å². The molecule has 1 atom stereocenters. The van der Waals surface area contributed by atoms with Crippen LogP contribution < -0.4 is 0 Å². The average molecular weight is 146 g/mol. The Labute approximate surface area is 53.1 Å². The zero-order valence-electron chi connectivity index (χ0n) is 4.43. The van der Waals surface area contributed by atoms with Gasteiger partial charge in [-0.25, -0.2) is 15.0 Å². The van der Waals surface area contributed by atoms with Gasteiger partial charge in [-0.15, -0.1) is 0 Å². The Hall–Kier alpha value is -0.930. The van der Waals surface area contributed by atoms with Crippen LogP contribution in [-0.4, -0.2) is 19.8 Å². The molecule has 1 N–H and O–H groups in total. The summed E-state index contributed by atoms with van der Waals surface area (Å²) in [6.45, 7) is 0. The van der Waals surface area contributed by atoms with E-state index in [0.717, 1.165) is 0 Å². The third-order valence-electron chi connectivity index (χ3n) is 0.400. The van der Waals surface area contributed by atoms with Gasteiger partial charge in [0.15, 0.2) is 0 Å². The molecule has 1 unspecified atom stereocenters. The van der Waals surface area contributed by atoms with E-state index in [1.807, 2.05) is 0 Å². The zero-order chi connectivity index (χ0) is 6.95. The molecule has 0 saturated heterocycles. The lowest BCUT2D eigenvalue weighted by molar-refractivity contribution is 0.524. The number of hydrogen-bond acceptors (Lipinski definition) is 4. The van der Waals surface area contributed by atoms with Gasteiger partial charge in [-0.2, -0.15) is 4.89 Å². The van der Waals surface area contributed by atoms with Crippen molar-refractivity contribution in [1.82, 2.24) is 15.0 Å². The van der Waals surface area contributed by atoms with E-state index in [-0.39, 0.29) is 0 Å². The lowest BCUT2D eigenvalue weighted by Crippen LogP contribution is -1.73. The van der Waals surface area contributed by atoms with Crippen molar-refractivity contribution in [3.8, 4) is 0 Å². The minimum atomic E-state index is -1.17. The minimum absolute atomic E-state index is 1.17. The Balaban J connectivity index is 0.000000187. The van der Waals surface area contributed by atoms with Crippen LogP contribution in [0.2, 0.25) is 0 Å². The number of rotatable bonds is 0. The molecule has 1 rings (SSSR count). The third kappa shape index (κ3) is 7.07. The molecule has 1 heterocycles. The highest BCUT2D eigenvalue weighted by molar-refractivity contribution is 7.16. The summed E-state index contributed by atoms with van der Waals surface area (Å²) in [4.78, 5) is 17.7. The van der Waals surface area contributed by atoms with Gasteiger partial charge >= 0.3 is 8.69 Å². The van der Waals surface area contributed by atoms with Gasteiger partial charge < -0.3 is 0 Å². The summed E-state index contributed by atoms with van der Waals surface area (Å²) in [6.07, 6.45) is 4.31. The molecule has 0 saturated carbocycles. The topological polar surface area (TPSA) is 76.0 Å². The molecule has 0 amide bonds. The minimum Gasteiger partial charge on any atom is -0.225 e. The van der Waals surface area contributed by atoms with Crippen LogP contribution in [0.15, 0.2) is 19.0 Å². The first-order valence-corrected chi connectivity index (χ1v) is 2.83. The van der Waals surface area contributed by atoms with Crippen molar-refractivity contribution in [2.75, 3.05) is 0 Å². The average Bonchev–Trinajstić information content (AvgIpc) is 1.93. The molecule has 1 aromatic heterocycles. The lowest BCUT2D eigenvalue weighted by atomic mass is 11.1. The molecule has 5 nitrogen and oxygen atoms in total. The third-order valence-corrected chi connectivity index (χ3v) is 0.400. The zero-order valence-corrected chi connectivity index (χ0v) is 5.43. The molecule has 9 heavy (non-hydrogen) atoms. The molecule has 0 fully saturated rings. The van der Waals surface area contributed by atoms with Crippen molar-refractivity contribution in [2.24, 2.45) is 0 Å². The summed E-state index contributed by atoms with van der Waals surface area (Å²) in [6, 6.07) is 0. The van der Waals surface area contributed by atoms with Crippen LogP contribution in [0.4, 0.5) is 0 Å². The molecule has 0 aliphatic rings. The second-order valence-electron chi connectivity index (χ2n) is 0.885. The smallest absolute Gasteiger partial charge is 0.225 e. The molecule has 48 valence electrons. The van der Waals surface area contributed by atoms with Gasteiger partial charge in [-0.05, 0) is 4.57 Å². The predicted octanol–water partition coefficient (Wildman–Crippen LogP) is -0.211. The van der Waals surface area contributed by atoms with E-state index in [1.54, 1.807) is 0 Å². The van der Waals surface area contributed by atoms with Crippen molar-refractivity contribution in [3.63, 3.8) is 0 Å². The highest BCUT2D eigenvalue weighted by atomic mass is 31.1. The standard InChI is InChI=1S/C3H3N3.HO2P/c1-4-2-6-3-5-1;1-3-2/h1-3H;3H/p+1. The van der Waals surface area contributed by atoms with Crippen molar-refractivity contribution in [2.45, 2.75) is 0 Å². The summed E-state index contributed by atoms with van der Waals surface area (Å²) in [5.74, 6) is 0. The first-order valence-electron chi connectivity index (χ1n) is 1.98. The van der Waals surface area contributed by atoms with Crippen LogP contribution >= 0.6 is 8.69 Å². The summed E-state index contributed by atoms with van der Waals surface area (Å²) in [7, 11) is -1.17. The number of nitrogens with zero attached hydrogens (tertiary/aromatic N) is 3. The quantitative estimate of drug-likeness (QED) is 0.512. The van der Waals surface area contributed by atoms with Crippen LogP contribution in [0.25, 0.3) is 0 Å². The van der Waals surface area contributed by atoms with Gasteiger partial charge in [0.2, 0.25) is 0 Å². The Kier molecular flexibility index (Phi) is 6.34. The fourth-order valence-electron chi connectivity index (χ4n) is 0.205. The van der Waals surface area contributed by atoms with Crippen LogP contribution in [0, 0.1) is 0 Å². The molecule has 1 aromatic rings. The van der Waals surface area contributed by atoms with Gasteiger partial charge in [-0.3, -0.25) is 0 Å². The largest absolute Gasteiger partial charge is 0.491 e. The predicted molar refractivity (Wildman–Crippen MR) is 31.0 cm³/mol. The van der Waals surface area contributed by atoms with Gasteiger partial charge in [0.05, 0.1) is 0 Å². The Morgan fingerprint density at radius 2 is 1.33 bits per heavy atom. The van der Waals surface area contributed by atoms with Crippen LogP contribution in [-0.2, 0) is 4.57 Å². The summed E-state index contributed by atoms with van der Waals surface area (Å²) in [5, 5.41) is 0. The van der Waals surface area contributed by atoms with Gasteiger partial charge in [-0.1, -0.05) is 0 Å². The van der Waals surface area contributed by atoms with E-state index in [0.29, 0.717) is 0 Å². The maximum Gasteiger partial charge on any atom is 0.491 e. The molecule has 0 aliphatic heterocycles. The summed E-state index contributed by atoms with van der Waals surface area (Å²) >= 11 is 0. The van der Waals surface area contributed by atoms with E-state index in [9.17, 15) is 0 Å². The highest BCUT2D eigenvalue weighted by Gasteiger charge is 1.59.